The van der Waals surface area contributed by atoms with Crippen molar-refractivity contribution >= 4 is 34.6 Å². The van der Waals surface area contributed by atoms with Gasteiger partial charge in [0, 0.05) is 27.2 Å². The molecule has 0 spiro atoms. The Hall–Kier alpha value is -3.09. The van der Waals surface area contributed by atoms with Crippen LogP contribution in [0.4, 0.5) is 5.69 Å². The van der Waals surface area contributed by atoms with Crippen LogP contribution in [0.15, 0.2) is 78.0 Å². The van der Waals surface area contributed by atoms with Gasteiger partial charge in [0.1, 0.15) is 18.9 Å². The summed E-state index contributed by atoms with van der Waals surface area (Å²) in [6, 6.07) is 20.5. The number of nitrogens with zero attached hydrogens (tertiary/aromatic N) is 2. The molecule has 0 aromatic heterocycles. The quantitative estimate of drug-likeness (QED) is 0.253. The number of oxime groups is 1. The molecular weight excluding hydrogens is 415 g/mol. The van der Waals surface area contributed by atoms with Crippen LogP contribution in [0.1, 0.15) is 11.1 Å². The maximum Gasteiger partial charge on any atom is 0.310 e. The minimum absolute atomic E-state index is 0.0107. The average molecular weight is 431 g/mol. The predicted octanol–water partition coefficient (Wildman–Crippen LogP) is 5.90. The number of para-hydroxylation sites is 2. The summed E-state index contributed by atoms with van der Waals surface area (Å²) in [7, 11) is 0. The molecule has 8 heteroatoms. The lowest BCUT2D eigenvalue weighted by atomic mass is 10.1. The highest BCUT2D eigenvalue weighted by Gasteiger charge is 2.15. The van der Waals surface area contributed by atoms with Crippen LogP contribution in [0, 0.1) is 10.1 Å². The fourth-order valence-electron chi connectivity index (χ4n) is 2.49. The van der Waals surface area contributed by atoms with E-state index in [0.29, 0.717) is 15.8 Å². The second-order valence-electron chi connectivity index (χ2n) is 5.93. The summed E-state index contributed by atoms with van der Waals surface area (Å²) in [5.41, 5.74) is 1.86. The summed E-state index contributed by atoms with van der Waals surface area (Å²) in [5, 5.41) is 16.4. The van der Waals surface area contributed by atoms with Gasteiger partial charge in [0.25, 0.3) is 0 Å². The first-order chi connectivity index (χ1) is 14.0. The second-order valence-corrected chi connectivity index (χ2v) is 6.77. The molecule has 0 bridgehead atoms. The molecule has 0 saturated carbocycles. The van der Waals surface area contributed by atoms with Crippen LogP contribution in [0.5, 0.6) is 5.75 Å². The SMILES string of the molecule is O=[N+]([O-])c1ccccc1OC/C(=N/OCc1ccc(Cl)cc1Cl)c1ccccc1. The van der Waals surface area contributed by atoms with E-state index in [-0.39, 0.29) is 24.7 Å². The molecule has 0 saturated heterocycles. The Labute approximate surface area is 177 Å². The number of rotatable bonds is 8. The summed E-state index contributed by atoms with van der Waals surface area (Å²) in [5.74, 6) is 0.155. The van der Waals surface area contributed by atoms with Gasteiger partial charge in [0.15, 0.2) is 5.75 Å². The van der Waals surface area contributed by atoms with Crippen LogP contribution in [0.25, 0.3) is 0 Å². The van der Waals surface area contributed by atoms with Crippen LogP contribution < -0.4 is 4.74 Å². The molecule has 148 valence electrons. The zero-order valence-corrected chi connectivity index (χ0v) is 16.6. The van der Waals surface area contributed by atoms with Crippen molar-refractivity contribution in [3.63, 3.8) is 0 Å². The fourth-order valence-corrected chi connectivity index (χ4v) is 2.95. The Bertz CT molecular complexity index is 1030. The number of ether oxygens (including phenoxy) is 1. The van der Waals surface area contributed by atoms with Crippen molar-refractivity contribution in [3.05, 3.63) is 104 Å². The molecule has 0 N–H and O–H groups in total. The maximum atomic E-state index is 11.2. The van der Waals surface area contributed by atoms with Gasteiger partial charge in [-0.3, -0.25) is 10.1 Å². The molecule has 0 radical (unpaired) electrons. The van der Waals surface area contributed by atoms with E-state index in [2.05, 4.69) is 5.16 Å². The van der Waals surface area contributed by atoms with Crippen molar-refractivity contribution in [1.29, 1.82) is 0 Å². The monoisotopic (exact) mass is 430 g/mol. The number of benzene rings is 3. The van der Waals surface area contributed by atoms with E-state index in [1.807, 2.05) is 30.3 Å². The van der Waals surface area contributed by atoms with Crippen LogP contribution in [-0.4, -0.2) is 17.2 Å². The first-order valence-electron chi connectivity index (χ1n) is 8.59. The number of hydrogen-bond acceptors (Lipinski definition) is 5. The minimum Gasteiger partial charge on any atom is -0.480 e. The predicted molar refractivity (Wildman–Crippen MR) is 113 cm³/mol. The maximum absolute atomic E-state index is 11.2. The van der Waals surface area contributed by atoms with Gasteiger partial charge in [-0.05, 0) is 18.2 Å². The van der Waals surface area contributed by atoms with Gasteiger partial charge in [-0.2, -0.15) is 0 Å². The smallest absolute Gasteiger partial charge is 0.310 e. The first-order valence-corrected chi connectivity index (χ1v) is 9.34. The molecule has 0 aliphatic rings. The standard InChI is InChI=1S/C21H16Cl2N2O4/c22-17-11-10-16(18(23)12-17)13-29-24-19(15-6-2-1-3-7-15)14-28-21-9-5-4-8-20(21)25(26)27/h1-12H,13-14H2/b24-19-. The Balaban J connectivity index is 1.77. The molecule has 6 nitrogen and oxygen atoms in total. The molecule has 0 fully saturated rings. The highest BCUT2D eigenvalue weighted by Crippen LogP contribution is 2.26. The van der Waals surface area contributed by atoms with Crippen molar-refractivity contribution in [2.45, 2.75) is 6.61 Å². The lowest BCUT2D eigenvalue weighted by Crippen LogP contribution is -2.14. The van der Waals surface area contributed by atoms with Crippen molar-refractivity contribution in [3.8, 4) is 5.75 Å². The van der Waals surface area contributed by atoms with Crippen LogP contribution >= 0.6 is 23.2 Å². The molecule has 0 aliphatic heterocycles. The summed E-state index contributed by atoms with van der Waals surface area (Å²) in [6.07, 6.45) is 0. The molecule has 0 heterocycles. The first kappa shape index (κ1) is 20.6. The van der Waals surface area contributed by atoms with E-state index in [0.717, 1.165) is 11.1 Å². The highest BCUT2D eigenvalue weighted by atomic mass is 35.5. The molecule has 29 heavy (non-hydrogen) atoms. The molecular formula is C21H16Cl2N2O4. The lowest BCUT2D eigenvalue weighted by Gasteiger charge is -2.10. The number of nitro benzene ring substituents is 1. The van der Waals surface area contributed by atoms with Gasteiger partial charge < -0.3 is 9.57 Å². The zero-order chi connectivity index (χ0) is 20.6. The molecule has 0 aliphatic carbocycles. The normalized spacial score (nSPS) is 11.2. The van der Waals surface area contributed by atoms with Gasteiger partial charge >= 0.3 is 5.69 Å². The number of nitro groups is 1. The molecule has 0 atom stereocenters. The Kier molecular flexibility index (Phi) is 7.05. The largest absolute Gasteiger partial charge is 0.480 e. The fraction of sp³-hybridized carbons (Fsp3) is 0.0952. The number of halogens is 2. The van der Waals surface area contributed by atoms with Crippen LogP contribution in [0.3, 0.4) is 0 Å². The van der Waals surface area contributed by atoms with E-state index in [1.165, 1.54) is 12.1 Å². The van der Waals surface area contributed by atoms with E-state index in [4.69, 9.17) is 32.8 Å². The van der Waals surface area contributed by atoms with Crippen molar-refractivity contribution in [1.82, 2.24) is 0 Å². The van der Waals surface area contributed by atoms with E-state index in [1.54, 1.807) is 30.3 Å². The van der Waals surface area contributed by atoms with Gasteiger partial charge in [0.05, 0.1) is 4.92 Å². The second kappa shape index (κ2) is 9.91. The Morgan fingerprint density at radius 3 is 2.45 bits per heavy atom. The third-order valence-corrected chi connectivity index (χ3v) is 4.53. The van der Waals surface area contributed by atoms with Crippen LogP contribution in [-0.2, 0) is 11.4 Å². The highest BCUT2D eigenvalue weighted by molar-refractivity contribution is 6.35. The van der Waals surface area contributed by atoms with Gasteiger partial charge in [-0.1, -0.05) is 76.9 Å². The van der Waals surface area contributed by atoms with Gasteiger partial charge in [0.2, 0.25) is 0 Å². The number of hydrogen-bond donors (Lipinski definition) is 0. The summed E-state index contributed by atoms with van der Waals surface area (Å²) < 4.78 is 5.66. The molecule has 0 unspecified atom stereocenters. The summed E-state index contributed by atoms with van der Waals surface area (Å²) in [6.45, 7) is 0.126. The van der Waals surface area contributed by atoms with Gasteiger partial charge in [-0.25, -0.2) is 0 Å². The van der Waals surface area contributed by atoms with Crippen molar-refractivity contribution in [2.24, 2.45) is 5.16 Å². The molecule has 3 rings (SSSR count). The van der Waals surface area contributed by atoms with E-state index < -0.39 is 4.92 Å². The third kappa shape index (κ3) is 5.70. The Morgan fingerprint density at radius 1 is 1.00 bits per heavy atom. The summed E-state index contributed by atoms with van der Waals surface area (Å²) in [4.78, 5) is 16.1. The summed E-state index contributed by atoms with van der Waals surface area (Å²) >= 11 is 12.0. The molecule has 3 aromatic carbocycles. The average Bonchev–Trinajstić information content (AvgIpc) is 2.72. The molecule has 0 amide bonds. The van der Waals surface area contributed by atoms with Gasteiger partial charge in [-0.15, -0.1) is 0 Å². The minimum atomic E-state index is -0.492. The topological polar surface area (TPSA) is 74.0 Å². The van der Waals surface area contributed by atoms with Crippen molar-refractivity contribution < 1.29 is 14.5 Å². The third-order valence-electron chi connectivity index (χ3n) is 3.94. The zero-order valence-electron chi connectivity index (χ0n) is 15.1. The van der Waals surface area contributed by atoms with Crippen LogP contribution in [0.2, 0.25) is 10.0 Å². The van der Waals surface area contributed by atoms with Crippen molar-refractivity contribution in [2.75, 3.05) is 6.61 Å². The lowest BCUT2D eigenvalue weighted by molar-refractivity contribution is -0.385. The van der Waals surface area contributed by atoms with E-state index in [9.17, 15) is 10.1 Å². The van der Waals surface area contributed by atoms with E-state index >= 15 is 0 Å². The Morgan fingerprint density at radius 2 is 1.72 bits per heavy atom. The molecule has 3 aromatic rings.